The van der Waals surface area contributed by atoms with Crippen LogP contribution >= 0.6 is 0 Å². The molecule has 0 heterocycles. The number of methoxy groups -OCH3 is 2. The summed E-state index contributed by atoms with van der Waals surface area (Å²) in [7, 11) is 3.43. The molecule has 0 radical (unpaired) electrons. The average Bonchev–Trinajstić information content (AvgIpc) is 3.34. The van der Waals surface area contributed by atoms with Crippen molar-refractivity contribution in [3.63, 3.8) is 0 Å². The first-order valence-electron chi connectivity index (χ1n) is 7.37. The molecule has 0 atom stereocenters. The van der Waals surface area contributed by atoms with E-state index in [1.165, 1.54) is 18.4 Å². The molecule has 2 N–H and O–H groups in total. The Kier molecular flexibility index (Phi) is 6.06. The van der Waals surface area contributed by atoms with Gasteiger partial charge in [-0.3, -0.25) is 4.90 Å². The summed E-state index contributed by atoms with van der Waals surface area (Å²) in [6.45, 7) is 2.95. The number of benzene rings is 1. The van der Waals surface area contributed by atoms with E-state index in [-0.39, 0.29) is 0 Å². The lowest BCUT2D eigenvalue weighted by molar-refractivity contribution is 0.139. The van der Waals surface area contributed by atoms with Crippen molar-refractivity contribution in [3.05, 3.63) is 29.3 Å². The lowest BCUT2D eigenvalue weighted by Gasteiger charge is -2.22. The van der Waals surface area contributed by atoms with Crippen LogP contribution in [0.25, 0.3) is 0 Å². The van der Waals surface area contributed by atoms with Crippen LogP contribution in [0.5, 0.6) is 5.75 Å². The molecule has 0 aliphatic heterocycles. The molecule has 1 fully saturated rings. The van der Waals surface area contributed by atoms with Crippen molar-refractivity contribution < 1.29 is 9.47 Å². The first-order valence-corrected chi connectivity index (χ1v) is 7.37. The molecule has 114 valence electrons. The monoisotopic (exact) mass is 288 g/mol. The predicted molar refractivity (Wildman–Crippen MR) is 84.2 cm³/mol. The van der Waals surface area contributed by atoms with Gasteiger partial charge in [0.05, 0.1) is 20.3 Å². The molecule has 21 heavy (non-hydrogen) atoms. The van der Waals surface area contributed by atoms with E-state index in [2.05, 4.69) is 22.8 Å². The van der Waals surface area contributed by atoms with Gasteiger partial charge in [-0.2, -0.15) is 0 Å². The fourth-order valence-electron chi connectivity index (χ4n) is 2.35. The molecule has 0 saturated heterocycles. The third kappa shape index (κ3) is 4.75. The van der Waals surface area contributed by atoms with Gasteiger partial charge in [-0.15, -0.1) is 0 Å². The van der Waals surface area contributed by atoms with Crippen LogP contribution in [0.1, 0.15) is 24.0 Å². The van der Waals surface area contributed by atoms with Crippen LogP contribution in [0.15, 0.2) is 18.2 Å². The smallest absolute Gasteiger partial charge is 0.119 e. The molecule has 4 nitrogen and oxygen atoms in total. The Morgan fingerprint density at radius 2 is 2.14 bits per heavy atom. The fourth-order valence-corrected chi connectivity index (χ4v) is 2.35. The van der Waals surface area contributed by atoms with Crippen LogP contribution in [0, 0.1) is 11.8 Å². The summed E-state index contributed by atoms with van der Waals surface area (Å²) in [5.74, 6) is 6.96. The largest absolute Gasteiger partial charge is 0.497 e. The van der Waals surface area contributed by atoms with Gasteiger partial charge in [0, 0.05) is 31.8 Å². The topological polar surface area (TPSA) is 47.7 Å². The van der Waals surface area contributed by atoms with Crippen LogP contribution in [-0.4, -0.2) is 44.9 Å². The molecule has 1 aromatic rings. The molecule has 0 spiro atoms. The van der Waals surface area contributed by atoms with Crippen molar-refractivity contribution in [2.75, 3.05) is 33.9 Å². The molecule has 1 aliphatic carbocycles. The van der Waals surface area contributed by atoms with Gasteiger partial charge < -0.3 is 15.2 Å². The summed E-state index contributed by atoms with van der Waals surface area (Å²) in [6.07, 6.45) is 2.55. The molecule has 0 unspecified atom stereocenters. The zero-order valence-corrected chi connectivity index (χ0v) is 12.9. The molecule has 1 aliphatic rings. The van der Waals surface area contributed by atoms with E-state index in [9.17, 15) is 0 Å². The zero-order chi connectivity index (χ0) is 15.1. The highest BCUT2D eigenvalue weighted by atomic mass is 16.5. The second kappa shape index (κ2) is 8.04. The van der Waals surface area contributed by atoms with E-state index in [0.29, 0.717) is 12.6 Å². The van der Waals surface area contributed by atoms with Gasteiger partial charge >= 0.3 is 0 Å². The lowest BCUT2D eigenvalue weighted by Crippen LogP contribution is -2.29. The number of hydrogen-bond donors (Lipinski definition) is 1. The molecule has 1 saturated carbocycles. The Bertz CT molecular complexity index is 515. The molecule has 0 bridgehead atoms. The maximum atomic E-state index is 5.48. The standard InChI is InChI=1S/C17H24N2O2/c1-20-11-10-19(16-6-7-16)13-15-12-17(21-2)8-5-14(15)4-3-9-18/h5,8,12,16H,6-7,9-11,13,18H2,1-2H3. The van der Waals surface area contributed by atoms with Crippen molar-refractivity contribution in [1.29, 1.82) is 0 Å². The Morgan fingerprint density at radius 1 is 1.33 bits per heavy atom. The first kappa shape index (κ1) is 15.8. The third-order valence-corrected chi connectivity index (χ3v) is 3.66. The molecule has 1 aromatic carbocycles. The molecule has 0 amide bonds. The summed E-state index contributed by atoms with van der Waals surface area (Å²) >= 11 is 0. The molecule has 2 rings (SSSR count). The minimum absolute atomic E-state index is 0.376. The Morgan fingerprint density at radius 3 is 2.76 bits per heavy atom. The van der Waals surface area contributed by atoms with Crippen LogP contribution in [0.4, 0.5) is 0 Å². The number of ether oxygens (including phenoxy) is 2. The Balaban J connectivity index is 2.18. The van der Waals surface area contributed by atoms with Gasteiger partial charge in [0.25, 0.3) is 0 Å². The Labute approximate surface area is 127 Å². The van der Waals surface area contributed by atoms with Gasteiger partial charge in [0.1, 0.15) is 5.75 Å². The van der Waals surface area contributed by atoms with Crippen molar-refractivity contribution in [2.45, 2.75) is 25.4 Å². The van der Waals surface area contributed by atoms with Gasteiger partial charge in [-0.1, -0.05) is 11.8 Å². The fraction of sp³-hybridized carbons (Fsp3) is 0.529. The zero-order valence-electron chi connectivity index (χ0n) is 12.9. The van der Waals surface area contributed by atoms with E-state index in [0.717, 1.165) is 31.0 Å². The van der Waals surface area contributed by atoms with Gasteiger partial charge in [0.2, 0.25) is 0 Å². The van der Waals surface area contributed by atoms with E-state index >= 15 is 0 Å². The second-order valence-electron chi connectivity index (χ2n) is 5.22. The maximum Gasteiger partial charge on any atom is 0.119 e. The van der Waals surface area contributed by atoms with Gasteiger partial charge in [-0.05, 0) is 36.6 Å². The van der Waals surface area contributed by atoms with E-state index in [4.69, 9.17) is 15.2 Å². The maximum absolute atomic E-state index is 5.48. The third-order valence-electron chi connectivity index (χ3n) is 3.66. The van der Waals surface area contributed by atoms with Gasteiger partial charge in [-0.25, -0.2) is 0 Å². The SMILES string of the molecule is COCCN(Cc1cc(OC)ccc1C#CCN)C1CC1. The summed E-state index contributed by atoms with van der Waals surface area (Å²) < 4.78 is 10.6. The van der Waals surface area contributed by atoms with Crippen molar-refractivity contribution in [1.82, 2.24) is 4.90 Å². The number of hydrogen-bond acceptors (Lipinski definition) is 4. The molecular formula is C17H24N2O2. The van der Waals surface area contributed by atoms with Gasteiger partial charge in [0.15, 0.2) is 0 Å². The summed E-state index contributed by atoms with van der Waals surface area (Å²) in [4.78, 5) is 2.46. The molecular weight excluding hydrogens is 264 g/mol. The molecule has 4 heteroatoms. The summed E-state index contributed by atoms with van der Waals surface area (Å²) in [6, 6.07) is 6.71. The minimum atomic E-state index is 0.376. The lowest BCUT2D eigenvalue weighted by atomic mass is 10.1. The van der Waals surface area contributed by atoms with E-state index in [1.807, 2.05) is 12.1 Å². The summed E-state index contributed by atoms with van der Waals surface area (Å²) in [5.41, 5.74) is 7.71. The number of nitrogens with two attached hydrogens (primary N) is 1. The quantitative estimate of drug-likeness (QED) is 0.775. The van der Waals surface area contributed by atoms with Crippen LogP contribution in [-0.2, 0) is 11.3 Å². The predicted octanol–water partition coefficient (Wildman–Crippen LogP) is 1.62. The number of nitrogens with zero attached hydrogens (tertiary/aromatic N) is 1. The minimum Gasteiger partial charge on any atom is -0.497 e. The normalized spacial score (nSPS) is 13.9. The Hall–Kier alpha value is -1.54. The highest BCUT2D eigenvalue weighted by Crippen LogP contribution is 2.29. The molecule has 0 aromatic heterocycles. The average molecular weight is 288 g/mol. The second-order valence-corrected chi connectivity index (χ2v) is 5.22. The number of rotatable bonds is 7. The van der Waals surface area contributed by atoms with Crippen molar-refractivity contribution in [3.8, 4) is 17.6 Å². The van der Waals surface area contributed by atoms with Crippen LogP contribution in [0.3, 0.4) is 0 Å². The van der Waals surface area contributed by atoms with Crippen LogP contribution in [0.2, 0.25) is 0 Å². The van der Waals surface area contributed by atoms with Crippen molar-refractivity contribution >= 4 is 0 Å². The summed E-state index contributed by atoms with van der Waals surface area (Å²) in [5, 5.41) is 0. The van der Waals surface area contributed by atoms with Crippen molar-refractivity contribution in [2.24, 2.45) is 5.73 Å². The first-order chi connectivity index (χ1) is 10.3. The van der Waals surface area contributed by atoms with E-state index < -0.39 is 0 Å². The van der Waals surface area contributed by atoms with Crippen LogP contribution < -0.4 is 10.5 Å². The van der Waals surface area contributed by atoms with E-state index in [1.54, 1.807) is 14.2 Å². The highest BCUT2D eigenvalue weighted by Gasteiger charge is 2.29. The highest BCUT2D eigenvalue weighted by molar-refractivity contribution is 5.45.